The van der Waals surface area contributed by atoms with Crippen molar-refractivity contribution in [3.8, 4) is 0 Å². The predicted octanol–water partition coefficient (Wildman–Crippen LogP) is 2.93. The first-order valence-corrected chi connectivity index (χ1v) is 10.8. The van der Waals surface area contributed by atoms with Crippen molar-refractivity contribution in [1.29, 1.82) is 0 Å². The minimum atomic E-state index is -3.00. The van der Waals surface area contributed by atoms with Crippen LogP contribution in [0, 0.1) is 6.92 Å². The molecule has 2 aromatic rings. The maximum Gasteiger partial charge on any atom is 0.259 e. The van der Waals surface area contributed by atoms with Crippen LogP contribution >= 0.6 is 0 Å². The number of sulfone groups is 1. The number of hydrogen-bond acceptors (Lipinski definition) is 4. The summed E-state index contributed by atoms with van der Waals surface area (Å²) in [5, 5.41) is 7.35. The number of para-hydroxylation sites is 1. The zero-order valence-electron chi connectivity index (χ0n) is 15.4. The summed E-state index contributed by atoms with van der Waals surface area (Å²) < 4.78 is 25.1. The molecule has 1 aromatic carbocycles. The Morgan fingerprint density at radius 3 is 2.46 bits per heavy atom. The Morgan fingerprint density at radius 1 is 1.27 bits per heavy atom. The first-order valence-electron chi connectivity index (χ1n) is 9.03. The fourth-order valence-electron chi connectivity index (χ4n) is 3.57. The lowest BCUT2D eigenvalue weighted by molar-refractivity contribution is 0.102. The zero-order valence-corrected chi connectivity index (χ0v) is 16.3. The Bertz CT molecular complexity index is 909. The number of amides is 1. The summed E-state index contributed by atoms with van der Waals surface area (Å²) in [7, 11) is -3.00. The lowest BCUT2D eigenvalue weighted by atomic mass is 10.0. The molecule has 1 aromatic heterocycles. The molecule has 0 spiro atoms. The van der Waals surface area contributed by atoms with Gasteiger partial charge in [-0.25, -0.2) is 8.42 Å². The maximum absolute atomic E-state index is 12.8. The maximum atomic E-state index is 12.8. The number of nitrogens with zero attached hydrogens (tertiary/aromatic N) is 2. The molecule has 0 radical (unpaired) electrons. The van der Waals surface area contributed by atoms with Crippen LogP contribution in [-0.4, -0.2) is 35.6 Å². The van der Waals surface area contributed by atoms with Gasteiger partial charge in [0.25, 0.3) is 5.91 Å². The fraction of sp³-hybridized carbons (Fsp3) is 0.474. The van der Waals surface area contributed by atoms with E-state index in [0.717, 1.165) is 29.7 Å². The summed E-state index contributed by atoms with van der Waals surface area (Å²) in [5.74, 6) is 0.0717. The summed E-state index contributed by atoms with van der Waals surface area (Å²) in [4.78, 5) is 12.8. The molecular formula is C19H25N3O3S. The summed E-state index contributed by atoms with van der Waals surface area (Å²) in [6.07, 6.45) is 3.75. The van der Waals surface area contributed by atoms with Gasteiger partial charge in [-0.1, -0.05) is 32.0 Å². The highest BCUT2D eigenvalue weighted by molar-refractivity contribution is 7.91. The molecule has 1 atom stereocenters. The van der Waals surface area contributed by atoms with Gasteiger partial charge >= 0.3 is 0 Å². The second-order valence-corrected chi connectivity index (χ2v) is 8.99. The number of carbonyl (C=O) groups is 1. The normalized spacial score (nSPS) is 18.8. The van der Waals surface area contributed by atoms with Gasteiger partial charge in [0.1, 0.15) is 0 Å². The monoisotopic (exact) mass is 375 g/mol. The number of anilines is 1. The molecular weight excluding hydrogens is 350 g/mol. The van der Waals surface area contributed by atoms with Gasteiger partial charge < -0.3 is 5.32 Å². The van der Waals surface area contributed by atoms with Crippen LogP contribution in [0.4, 0.5) is 5.69 Å². The van der Waals surface area contributed by atoms with Gasteiger partial charge in [-0.2, -0.15) is 5.10 Å². The Labute approximate surface area is 154 Å². The SMILES string of the molecule is CCc1cccc(CC)c1NC(=O)c1cnn(C2CCS(=O)(=O)C2)c1C. The van der Waals surface area contributed by atoms with Crippen LogP contribution in [0.5, 0.6) is 0 Å². The molecule has 26 heavy (non-hydrogen) atoms. The number of nitrogens with one attached hydrogen (secondary N) is 1. The van der Waals surface area contributed by atoms with Gasteiger partial charge in [-0.05, 0) is 37.3 Å². The average molecular weight is 375 g/mol. The first-order chi connectivity index (χ1) is 12.4. The molecule has 1 saturated heterocycles. The molecule has 1 N–H and O–H groups in total. The molecule has 1 amide bonds. The van der Waals surface area contributed by atoms with Crippen molar-refractivity contribution < 1.29 is 13.2 Å². The molecule has 0 aliphatic carbocycles. The van der Waals surface area contributed by atoms with Gasteiger partial charge in [0.2, 0.25) is 0 Å². The van der Waals surface area contributed by atoms with Crippen LogP contribution in [0.15, 0.2) is 24.4 Å². The molecule has 1 aliphatic heterocycles. The highest BCUT2D eigenvalue weighted by Crippen LogP contribution is 2.27. The van der Waals surface area contributed by atoms with Crippen molar-refractivity contribution in [3.63, 3.8) is 0 Å². The minimum absolute atomic E-state index is 0.0925. The van der Waals surface area contributed by atoms with Crippen LogP contribution in [-0.2, 0) is 22.7 Å². The van der Waals surface area contributed by atoms with Crippen molar-refractivity contribution >= 4 is 21.4 Å². The molecule has 7 heteroatoms. The second-order valence-electron chi connectivity index (χ2n) is 6.76. The molecule has 2 heterocycles. The topological polar surface area (TPSA) is 81.1 Å². The van der Waals surface area contributed by atoms with E-state index in [2.05, 4.69) is 24.3 Å². The number of rotatable bonds is 5. The Morgan fingerprint density at radius 2 is 1.92 bits per heavy atom. The Hall–Kier alpha value is -2.15. The van der Waals surface area contributed by atoms with Gasteiger partial charge in [-0.15, -0.1) is 0 Å². The van der Waals surface area contributed by atoms with Crippen molar-refractivity contribution in [2.75, 3.05) is 16.8 Å². The molecule has 1 fully saturated rings. The standard InChI is InChI=1S/C19H25N3O3S/c1-4-14-7-6-8-15(5-2)18(14)21-19(23)17-11-20-22(13(17)3)16-9-10-26(24,25)12-16/h6-8,11,16H,4-5,9-10,12H2,1-3H3,(H,21,23). The number of carbonyl (C=O) groups excluding carboxylic acids is 1. The molecule has 3 rings (SSSR count). The average Bonchev–Trinajstić information content (AvgIpc) is 3.16. The van der Waals surface area contributed by atoms with E-state index >= 15 is 0 Å². The third-order valence-electron chi connectivity index (χ3n) is 5.08. The first kappa shape index (κ1) is 18.6. The number of aromatic nitrogens is 2. The molecule has 1 unspecified atom stereocenters. The second kappa shape index (κ2) is 7.23. The van der Waals surface area contributed by atoms with Crippen LogP contribution in [0.1, 0.15) is 53.5 Å². The molecule has 6 nitrogen and oxygen atoms in total. The summed E-state index contributed by atoms with van der Waals surface area (Å²) in [6.45, 7) is 5.95. The van der Waals surface area contributed by atoms with E-state index in [-0.39, 0.29) is 23.5 Å². The summed E-state index contributed by atoms with van der Waals surface area (Å²) in [6, 6.07) is 5.87. The minimum Gasteiger partial charge on any atom is -0.321 e. The largest absolute Gasteiger partial charge is 0.321 e. The highest BCUT2D eigenvalue weighted by atomic mass is 32.2. The van der Waals surface area contributed by atoms with Crippen LogP contribution in [0.2, 0.25) is 0 Å². The molecule has 1 aliphatic rings. The lowest BCUT2D eigenvalue weighted by Crippen LogP contribution is -2.17. The van der Waals surface area contributed by atoms with Crippen LogP contribution in [0.25, 0.3) is 0 Å². The molecule has 0 bridgehead atoms. The zero-order chi connectivity index (χ0) is 18.9. The van der Waals surface area contributed by atoms with E-state index in [1.54, 1.807) is 4.68 Å². The smallest absolute Gasteiger partial charge is 0.259 e. The third kappa shape index (κ3) is 3.53. The summed E-state index contributed by atoms with van der Waals surface area (Å²) >= 11 is 0. The van der Waals surface area contributed by atoms with E-state index in [9.17, 15) is 13.2 Å². The van der Waals surface area contributed by atoms with E-state index in [0.29, 0.717) is 17.7 Å². The van der Waals surface area contributed by atoms with Crippen molar-refractivity contribution in [3.05, 3.63) is 46.8 Å². The Kier molecular flexibility index (Phi) is 5.18. The summed E-state index contributed by atoms with van der Waals surface area (Å²) in [5.41, 5.74) is 4.27. The predicted molar refractivity (Wildman–Crippen MR) is 102 cm³/mol. The number of hydrogen-bond donors (Lipinski definition) is 1. The quantitative estimate of drug-likeness (QED) is 0.871. The van der Waals surface area contributed by atoms with E-state index < -0.39 is 9.84 Å². The van der Waals surface area contributed by atoms with Crippen LogP contribution < -0.4 is 5.32 Å². The molecule has 140 valence electrons. The molecule has 0 saturated carbocycles. The van der Waals surface area contributed by atoms with Gasteiger partial charge in [-0.3, -0.25) is 9.48 Å². The van der Waals surface area contributed by atoms with Gasteiger partial charge in [0.15, 0.2) is 9.84 Å². The van der Waals surface area contributed by atoms with Crippen molar-refractivity contribution in [2.45, 2.75) is 46.1 Å². The van der Waals surface area contributed by atoms with Crippen LogP contribution in [0.3, 0.4) is 0 Å². The van der Waals surface area contributed by atoms with Crippen molar-refractivity contribution in [1.82, 2.24) is 9.78 Å². The van der Waals surface area contributed by atoms with Crippen molar-refractivity contribution in [2.24, 2.45) is 0 Å². The van der Waals surface area contributed by atoms with E-state index in [1.165, 1.54) is 6.20 Å². The third-order valence-corrected chi connectivity index (χ3v) is 6.83. The number of aryl methyl sites for hydroxylation is 2. The van der Waals surface area contributed by atoms with Gasteiger partial charge in [0, 0.05) is 11.4 Å². The van der Waals surface area contributed by atoms with Gasteiger partial charge in [0.05, 0.1) is 29.3 Å². The number of benzene rings is 1. The van der Waals surface area contributed by atoms with E-state index in [4.69, 9.17) is 0 Å². The van der Waals surface area contributed by atoms with E-state index in [1.807, 2.05) is 25.1 Å². The lowest BCUT2D eigenvalue weighted by Gasteiger charge is -2.15. The fourth-order valence-corrected chi connectivity index (χ4v) is 5.26. The highest BCUT2D eigenvalue weighted by Gasteiger charge is 2.31. The Balaban J connectivity index is 1.86.